The number of halogens is 3. The molecule has 0 saturated carbocycles. The summed E-state index contributed by atoms with van der Waals surface area (Å²) in [4.78, 5) is 8.42. The predicted molar refractivity (Wildman–Crippen MR) is 85.8 cm³/mol. The highest BCUT2D eigenvalue weighted by Crippen LogP contribution is 2.30. The summed E-state index contributed by atoms with van der Waals surface area (Å²) in [5, 5.41) is 9.43. The van der Waals surface area contributed by atoms with Gasteiger partial charge < -0.3 is 15.1 Å². The van der Waals surface area contributed by atoms with Crippen LogP contribution in [0.25, 0.3) is 0 Å². The molecule has 0 saturated heterocycles. The van der Waals surface area contributed by atoms with Gasteiger partial charge in [-0.2, -0.15) is 18.3 Å². The van der Waals surface area contributed by atoms with Crippen molar-refractivity contribution in [3.63, 3.8) is 0 Å². The number of aromatic nitrogens is 3. The molecule has 0 atom stereocenters. The van der Waals surface area contributed by atoms with Crippen LogP contribution in [-0.4, -0.2) is 27.3 Å². The zero-order chi connectivity index (χ0) is 18.6. The summed E-state index contributed by atoms with van der Waals surface area (Å²) in [5.74, 6) is 1.58. The Balaban J connectivity index is 2.09. The number of hydrogen-bond donors (Lipinski definition) is 2. The Kier molecular flexibility index (Phi) is 5.70. The fourth-order valence-electron chi connectivity index (χ4n) is 2.17. The van der Waals surface area contributed by atoms with E-state index in [1.165, 1.54) is 13.2 Å². The zero-order valence-electron chi connectivity index (χ0n) is 14.5. The van der Waals surface area contributed by atoms with Gasteiger partial charge in [-0.1, -0.05) is 0 Å². The van der Waals surface area contributed by atoms with E-state index in [9.17, 15) is 13.2 Å². The lowest BCUT2D eigenvalue weighted by atomic mass is 10.2. The molecular formula is C15H21F3N6O. The molecule has 0 spiro atoms. The highest BCUT2D eigenvalue weighted by Gasteiger charge is 2.36. The summed E-state index contributed by atoms with van der Waals surface area (Å²) in [6, 6.07) is 0. The minimum absolute atomic E-state index is 0.00927. The van der Waals surface area contributed by atoms with Crippen LogP contribution in [0.1, 0.15) is 35.5 Å². The average molecular weight is 358 g/mol. The van der Waals surface area contributed by atoms with Crippen LogP contribution in [0.3, 0.4) is 0 Å². The van der Waals surface area contributed by atoms with E-state index in [0.717, 1.165) is 16.1 Å². The van der Waals surface area contributed by atoms with Crippen molar-refractivity contribution in [1.29, 1.82) is 0 Å². The molecule has 0 radical (unpaired) electrons. The number of aryl methyl sites for hydroxylation is 3. The van der Waals surface area contributed by atoms with E-state index < -0.39 is 11.9 Å². The summed E-state index contributed by atoms with van der Waals surface area (Å²) in [6.45, 7) is 6.20. The third-order valence-corrected chi connectivity index (χ3v) is 3.40. The lowest BCUT2D eigenvalue weighted by Crippen LogP contribution is -2.36. The summed E-state index contributed by atoms with van der Waals surface area (Å²) in [5.41, 5.74) is -0.118. The smallest absolute Gasteiger partial charge is 0.435 e. The molecule has 0 aliphatic carbocycles. The van der Waals surface area contributed by atoms with Crippen molar-refractivity contribution < 1.29 is 17.6 Å². The third-order valence-electron chi connectivity index (χ3n) is 3.40. The predicted octanol–water partition coefficient (Wildman–Crippen LogP) is 2.30. The van der Waals surface area contributed by atoms with E-state index >= 15 is 0 Å². The maximum absolute atomic E-state index is 13.0. The van der Waals surface area contributed by atoms with Gasteiger partial charge in [0.1, 0.15) is 5.76 Å². The molecule has 2 rings (SSSR count). The topological polar surface area (TPSA) is 80.3 Å². The first-order chi connectivity index (χ1) is 11.7. The summed E-state index contributed by atoms with van der Waals surface area (Å²) in [7, 11) is 1.44. The molecule has 0 unspecified atom stereocenters. The Morgan fingerprint density at radius 1 is 1.32 bits per heavy atom. The maximum atomic E-state index is 13.0. The van der Waals surface area contributed by atoms with Gasteiger partial charge in [-0.25, -0.2) is 9.98 Å². The number of nitrogens with zero attached hydrogens (tertiary/aromatic N) is 4. The Bertz CT molecular complexity index is 728. The van der Waals surface area contributed by atoms with E-state index in [0.29, 0.717) is 18.4 Å². The second kappa shape index (κ2) is 7.58. The number of aliphatic imine (C=N–C) groups is 1. The first-order valence-corrected chi connectivity index (χ1v) is 7.75. The van der Waals surface area contributed by atoms with Crippen molar-refractivity contribution in [3.8, 4) is 0 Å². The highest BCUT2D eigenvalue weighted by atomic mass is 19.4. The maximum Gasteiger partial charge on any atom is 0.435 e. The molecule has 0 bridgehead atoms. The van der Waals surface area contributed by atoms with Crippen LogP contribution in [0.15, 0.2) is 15.6 Å². The first-order valence-electron chi connectivity index (χ1n) is 7.75. The van der Waals surface area contributed by atoms with Crippen molar-refractivity contribution in [1.82, 2.24) is 25.4 Å². The standard InChI is InChI=1S/C15H21F3N6O/c1-5-19-14(21-7-12-22-9(2)10(3)25-12)20-6-11-8-24(4)23-13(11)15(16,17)18/h8H,5-7H2,1-4H3,(H2,19,20,21). The van der Waals surface area contributed by atoms with Gasteiger partial charge >= 0.3 is 6.18 Å². The summed E-state index contributed by atoms with van der Waals surface area (Å²) >= 11 is 0. The number of guanidine groups is 1. The monoisotopic (exact) mass is 358 g/mol. The number of alkyl halides is 3. The van der Waals surface area contributed by atoms with Crippen LogP contribution in [0, 0.1) is 13.8 Å². The highest BCUT2D eigenvalue weighted by molar-refractivity contribution is 5.79. The Morgan fingerprint density at radius 3 is 2.60 bits per heavy atom. The van der Waals surface area contributed by atoms with Crippen LogP contribution < -0.4 is 10.6 Å². The lowest BCUT2D eigenvalue weighted by Gasteiger charge is -2.10. The van der Waals surface area contributed by atoms with E-state index in [2.05, 4.69) is 25.7 Å². The first kappa shape index (κ1) is 18.8. The molecular weight excluding hydrogens is 337 g/mol. The number of hydrogen-bond acceptors (Lipinski definition) is 4. The van der Waals surface area contributed by atoms with Crippen molar-refractivity contribution in [2.24, 2.45) is 12.0 Å². The molecule has 0 fully saturated rings. The van der Waals surface area contributed by atoms with Crippen LogP contribution in [0.5, 0.6) is 0 Å². The molecule has 0 amide bonds. The minimum Gasteiger partial charge on any atom is -0.444 e. The zero-order valence-corrected chi connectivity index (χ0v) is 14.5. The van der Waals surface area contributed by atoms with Gasteiger partial charge in [0, 0.05) is 25.4 Å². The molecule has 2 heterocycles. The second-order valence-electron chi connectivity index (χ2n) is 5.47. The summed E-state index contributed by atoms with van der Waals surface area (Å²) in [6.07, 6.45) is -3.19. The van der Waals surface area contributed by atoms with Gasteiger partial charge in [0.15, 0.2) is 11.7 Å². The molecule has 0 aliphatic heterocycles. The van der Waals surface area contributed by atoms with Crippen molar-refractivity contribution in [2.45, 2.75) is 40.0 Å². The van der Waals surface area contributed by atoms with Crippen LogP contribution in [0.4, 0.5) is 13.2 Å². The van der Waals surface area contributed by atoms with Crippen molar-refractivity contribution in [2.75, 3.05) is 6.54 Å². The average Bonchev–Trinajstić information content (AvgIpc) is 3.04. The molecule has 25 heavy (non-hydrogen) atoms. The van der Waals surface area contributed by atoms with Crippen LogP contribution in [0.2, 0.25) is 0 Å². The fourth-order valence-corrected chi connectivity index (χ4v) is 2.17. The molecule has 7 nitrogen and oxygen atoms in total. The lowest BCUT2D eigenvalue weighted by molar-refractivity contribution is -0.142. The van der Waals surface area contributed by atoms with Gasteiger partial charge in [0.25, 0.3) is 0 Å². The normalized spacial score (nSPS) is 12.5. The fraction of sp³-hybridized carbons (Fsp3) is 0.533. The Morgan fingerprint density at radius 2 is 2.04 bits per heavy atom. The van der Waals surface area contributed by atoms with E-state index in [4.69, 9.17) is 4.42 Å². The number of rotatable bonds is 5. The summed E-state index contributed by atoms with van der Waals surface area (Å²) < 4.78 is 45.5. The second-order valence-corrected chi connectivity index (χ2v) is 5.47. The molecule has 138 valence electrons. The van der Waals surface area contributed by atoms with Crippen molar-refractivity contribution in [3.05, 3.63) is 34.8 Å². The Hall–Kier alpha value is -2.52. The minimum atomic E-state index is -4.51. The van der Waals surface area contributed by atoms with Crippen LogP contribution in [-0.2, 0) is 26.3 Å². The van der Waals surface area contributed by atoms with Gasteiger partial charge in [-0.15, -0.1) is 0 Å². The number of nitrogens with one attached hydrogen (secondary N) is 2. The molecule has 2 N–H and O–H groups in total. The largest absolute Gasteiger partial charge is 0.444 e. The molecule has 2 aromatic heterocycles. The van der Waals surface area contributed by atoms with E-state index in [1.807, 2.05) is 20.8 Å². The van der Waals surface area contributed by atoms with Gasteiger partial charge in [-0.05, 0) is 20.8 Å². The van der Waals surface area contributed by atoms with E-state index in [-0.39, 0.29) is 18.7 Å². The van der Waals surface area contributed by atoms with Gasteiger partial charge in [-0.3, -0.25) is 4.68 Å². The van der Waals surface area contributed by atoms with Gasteiger partial charge in [0.05, 0.1) is 18.8 Å². The SMILES string of the molecule is CCNC(=NCc1cn(C)nc1C(F)(F)F)NCc1nc(C)c(C)o1. The molecule has 0 aromatic carbocycles. The van der Waals surface area contributed by atoms with Gasteiger partial charge in [0.2, 0.25) is 5.89 Å². The third kappa shape index (κ3) is 4.97. The Labute approximate surface area is 143 Å². The quantitative estimate of drug-likeness (QED) is 0.633. The molecule has 2 aromatic rings. The number of oxazole rings is 1. The van der Waals surface area contributed by atoms with E-state index in [1.54, 1.807) is 0 Å². The van der Waals surface area contributed by atoms with Crippen molar-refractivity contribution >= 4 is 5.96 Å². The molecule has 10 heteroatoms. The molecule has 0 aliphatic rings. The van der Waals surface area contributed by atoms with Crippen LogP contribution >= 0.6 is 0 Å².